The number of esters is 2. The van der Waals surface area contributed by atoms with E-state index in [9.17, 15) is 9.59 Å². The van der Waals surface area contributed by atoms with E-state index in [2.05, 4.69) is 0 Å². The van der Waals surface area contributed by atoms with Crippen LogP contribution in [0.1, 0.15) is 13.3 Å². The van der Waals surface area contributed by atoms with Gasteiger partial charge >= 0.3 is 11.9 Å². The molecule has 6 heteroatoms. The lowest BCUT2D eigenvalue weighted by Crippen LogP contribution is -2.41. The fraction of sp³-hybridized carbons (Fsp3) is 0.800. The molecule has 3 heterocycles. The Morgan fingerprint density at radius 2 is 2.31 bits per heavy atom. The van der Waals surface area contributed by atoms with Gasteiger partial charge in [0.05, 0.1) is 12.0 Å². The maximum Gasteiger partial charge on any atom is 0.324 e. The highest BCUT2D eigenvalue weighted by Crippen LogP contribution is 2.47. The fourth-order valence-corrected chi connectivity index (χ4v) is 2.66. The molecule has 0 saturated carbocycles. The number of alkyl halides is 1. The van der Waals surface area contributed by atoms with Crippen molar-refractivity contribution in [3.63, 3.8) is 0 Å². The van der Waals surface area contributed by atoms with Crippen molar-refractivity contribution in [2.45, 2.75) is 43.1 Å². The van der Waals surface area contributed by atoms with Crippen LogP contribution in [-0.4, -0.2) is 41.7 Å². The zero-order valence-electron chi connectivity index (χ0n) is 8.59. The van der Waals surface area contributed by atoms with Crippen LogP contribution in [0, 0.1) is 5.92 Å². The zero-order chi connectivity index (χ0) is 11.4. The van der Waals surface area contributed by atoms with Crippen LogP contribution < -0.4 is 0 Å². The predicted molar refractivity (Wildman–Crippen MR) is 51.8 cm³/mol. The average molecular weight is 247 g/mol. The second kappa shape index (κ2) is 3.34. The van der Waals surface area contributed by atoms with Gasteiger partial charge < -0.3 is 14.2 Å². The molecular weight excluding hydrogens is 236 g/mol. The summed E-state index contributed by atoms with van der Waals surface area (Å²) in [5.41, 5.74) is 0. The number of rotatable bonds is 2. The average Bonchev–Trinajstić information content (AvgIpc) is 2.81. The number of hydrogen-bond donors (Lipinski definition) is 0. The predicted octanol–water partition coefficient (Wildman–Crippen LogP) is 0.238. The number of carbonyl (C=O) groups excluding carboxylic acids is 2. The molecule has 3 fully saturated rings. The summed E-state index contributed by atoms with van der Waals surface area (Å²) in [6.45, 7) is 1.54. The van der Waals surface area contributed by atoms with Gasteiger partial charge in [0.15, 0.2) is 12.2 Å². The molecule has 0 aromatic carbocycles. The summed E-state index contributed by atoms with van der Waals surface area (Å²) in [6, 6.07) is 0. The maximum absolute atomic E-state index is 11.4. The summed E-state index contributed by atoms with van der Waals surface area (Å²) in [4.78, 5) is 22.8. The van der Waals surface area contributed by atoms with E-state index in [4.69, 9.17) is 25.8 Å². The Labute approximate surface area is 97.0 Å². The van der Waals surface area contributed by atoms with E-state index in [1.807, 2.05) is 0 Å². The van der Waals surface area contributed by atoms with Gasteiger partial charge in [0.25, 0.3) is 0 Å². The molecule has 0 amide bonds. The molecule has 3 saturated heterocycles. The third-order valence-electron chi connectivity index (χ3n) is 3.36. The highest BCUT2D eigenvalue weighted by Gasteiger charge is 2.65. The number of ether oxygens (including phenoxy) is 3. The summed E-state index contributed by atoms with van der Waals surface area (Å²) in [5.74, 6) is -0.907. The Balaban J connectivity index is 1.75. The van der Waals surface area contributed by atoms with E-state index in [1.165, 1.54) is 0 Å². The van der Waals surface area contributed by atoms with E-state index in [-0.39, 0.29) is 24.1 Å². The largest absolute Gasteiger partial charge is 0.455 e. The highest BCUT2D eigenvalue weighted by molar-refractivity contribution is 6.29. The summed E-state index contributed by atoms with van der Waals surface area (Å²) in [6.07, 6.45) is -0.794. The summed E-state index contributed by atoms with van der Waals surface area (Å²) in [7, 11) is 0. The summed E-state index contributed by atoms with van der Waals surface area (Å²) >= 11 is 5.62. The van der Waals surface area contributed by atoms with Gasteiger partial charge in [-0.05, 0) is 13.3 Å². The molecule has 0 spiro atoms. The number of fused-ring (bicyclic) bond motifs is 1. The van der Waals surface area contributed by atoms with Gasteiger partial charge in [0.2, 0.25) is 0 Å². The van der Waals surface area contributed by atoms with Crippen LogP contribution >= 0.6 is 11.6 Å². The first-order valence-electron chi connectivity index (χ1n) is 5.28. The van der Waals surface area contributed by atoms with Crippen molar-refractivity contribution in [3.05, 3.63) is 0 Å². The van der Waals surface area contributed by atoms with Gasteiger partial charge in [-0.3, -0.25) is 9.59 Å². The second-order valence-electron chi connectivity index (χ2n) is 4.40. The molecule has 6 unspecified atom stereocenters. The molecule has 0 radical (unpaired) electrons. The third kappa shape index (κ3) is 1.28. The molecule has 88 valence electrons. The van der Waals surface area contributed by atoms with E-state index < -0.39 is 23.6 Å². The van der Waals surface area contributed by atoms with Crippen molar-refractivity contribution in [3.8, 4) is 0 Å². The Bertz CT molecular complexity index is 355. The van der Waals surface area contributed by atoms with Crippen LogP contribution in [-0.2, 0) is 23.8 Å². The molecule has 0 N–H and O–H groups in total. The molecule has 0 aromatic rings. The van der Waals surface area contributed by atoms with Gasteiger partial charge in [-0.15, -0.1) is 11.6 Å². The van der Waals surface area contributed by atoms with Crippen LogP contribution in [0.4, 0.5) is 0 Å². The molecule has 0 aromatic heterocycles. The van der Waals surface area contributed by atoms with Crippen molar-refractivity contribution in [1.29, 1.82) is 0 Å². The smallest absolute Gasteiger partial charge is 0.324 e. The standard InChI is InChI=1S/C10H11ClO5/c1-3(11)9(12)15-7-5-2-4-6(14-5)8(7)16-10(4)13/h3-8H,2H2,1H3. The fourth-order valence-electron chi connectivity index (χ4n) is 2.61. The number of hydrogen-bond acceptors (Lipinski definition) is 5. The highest BCUT2D eigenvalue weighted by atomic mass is 35.5. The molecular formula is C10H11ClO5. The van der Waals surface area contributed by atoms with Crippen molar-refractivity contribution in [2.24, 2.45) is 5.92 Å². The molecule has 3 aliphatic heterocycles. The van der Waals surface area contributed by atoms with Gasteiger partial charge in [-0.1, -0.05) is 0 Å². The Morgan fingerprint density at radius 3 is 3.00 bits per heavy atom. The minimum absolute atomic E-state index is 0.168. The monoisotopic (exact) mass is 246 g/mol. The first kappa shape index (κ1) is 10.4. The van der Waals surface area contributed by atoms with Crippen molar-refractivity contribution in [1.82, 2.24) is 0 Å². The SMILES string of the molecule is CC(Cl)C(=O)OC1C2CC3C(=O)OC1C3O2. The van der Waals surface area contributed by atoms with Crippen LogP contribution in [0.25, 0.3) is 0 Å². The van der Waals surface area contributed by atoms with Gasteiger partial charge in [0.1, 0.15) is 11.5 Å². The molecule has 0 aliphatic carbocycles. The van der Waals surface area contributed by atoms with Crippen LogP contribution in [0.2, 0.25) is 0 Å². The molecule has 16 heavy (non-hydrogen) atoms. The van der Waals surface area contributed by atoms with Crippen LogP contribution in [0.5, 0.6) is 0 Å². The number of carbonyl (C=O) groups is 2. The minimum Gasteiger partial charge on any atom is -0.455 e. The van der Waals surface area contributed by atoms with Crippen molar-refractivity contribution >= 4 is 23.5 Å². The molecule has 3 aliphatic rings. The van der Waals surface area contributed by atoms with Gasteiger partial charge in [0, 0.05) is 0 Å². The third-order valence-corrected chi connectivity index (χ3v) is 3.54. The second-order valence-corrected chi connectivity index (χ2v) is 5.06. The lowest BCUT2D eigenvalue weighted by Gasteiger charge is -2.22. The Morgan fingerprint density at radius 1 is 1.56 bits per heavy atom. The Hall–Kier alpha value is -0.810. The number of halogens is 1. The van der Waals surface area contributed by atoms with E-state index in [0.29, 0.717) is 6.42 Å². The molecule has 6 atom stereocenters. The van der Waals surface area contributed by atoms with E-state index in [1.54, 1.807) is 6.92 Å². The van der Waals surface area contributed by atoms with E-state index in [0.717, 1.165) is 0 Å². The first-order chi connectivity index (χ1) is 7.58. The van der Waals surface area contributed by atoms with Gasteiger partial charge in [-0.25, -0.2) is 0 Å². The Kier molecular flexibility index (Phi) is 2.16. The minimum atomic E-state index is -0.702. The quantitative estimate of drug-likeness (QED) is 0.516. The molecule has 5 nitrogen and oxygen atoms in total. The van der Waals surface area contributed by atoms with Gasteiger partial charge in [-0.2, -0.15) is 0 Å². The summed E-state index contributed by atoms with van der Waals surface area (Å²) in [5, 5.41) is -0.702. The lowest BCUT2D eigenvalue weighted by molar-refractivity contribution is -0.159. The van der Waals surface area contributed by atoms with E-state index >= 15 is 0 Å². The maximum atomic E-state index is 11.4. The van der Waals surface area contributed by atoms with Crippen LogP contribution in [0.3, 0.4) is 0 Å². The molecule has 2 bridgehead atoms. The van der Waals surface area contributed by atoms with Crippen molar-refractivity contribution in [2.75, 3.05) is 0 Å². The topological polar surface area (TPSA) is 61.8 Å². The first-order valence-corrected chi connectivity index (χ1v) is 5.72. The van der Waals surface area contributed by atoms with Crippen molar-refractivity contribution < 1.29 is 23.8 Å². The molecule has 3 rings (SSSR count). The summed E-state index contributed by atoms with van der Waals surface area (Å²) < 4.78 is 15.9. The van der Waals surface area contributed by atoms with Crippen LogP contribution in [0.15, 0.2) is 0 Å². The normalized spacial score (nSPS) is 45.6. The zero-order valence-corrected chi connectivity index (χ0v) is 9.35. The lowest BCUT2D eigenvalue weighted by atomic mass is 9.88.